The second-order valence-corrected chi connectivity index (χ2v) is 7.57. The zero-order valence-electron chi connectivity index (χ0n) is 14.9. The Kier molecular flexibility index (Phi) is 3.17. The molecule has 24 heavy (non-hydrogen) atoms. The van der Waals surface area contributed by atoms with E-state index in [0.29, 0.717) is 11.7 Å². The fraction of sp³-hybridized carbons (Fsp3) is 0.421. The predicted molar refractivity (Wildman–Crippen MR) is 96.4 cm³/mol. The van der Waals surface area contributed by atoms with Crippen molar-refractivity contribution < 1.29 is 0 Å². The van der Waals surface area contributed by atoms with Crippen LogP contribution in [0.2, 0.25) is 0 Å². The van der Waals surface area contributed by atoms with E-state index >= 15 is 0 Å². The van der Waals surface area contributed by atoms with Crippen molar-refractivity contribution in [3.05, 3.63) is 41.3 Å². The monoisotopic (exact) mass is 321 g/mol. The molecule has 0 fully saturated rings. The standard InChI is InChI=1S/C19H23N5/c1-11-8-14-12(2)10-19(4,5)22-16(14)9-15(11)17-6-7-20-18-21-13(3)23-24(17)18/h6-9,12,22H,10H2,1-5H3/t12-/m1/s1. The Labute approximate surface area is 142 Å². The van der Waals surface area contributed by atoms with Crippen LogP contribution in [0.1, 0.15) is 50.1 Å². The molecule has 1 aliphatic rings. The van der Waals surface area contributed by atoms with Crippen LogP contribution in [0.3, 0.4) is 0 Å². The molecule has 1 aromatic carbocycles. The first-order valence-corrected chi connectivity index (χ1v) is 8.45. The van der Waals surface area contributed by atoms with Crippen molar-refractivity contribution in [2.45, 2.75) is 52.5 Å². The minimum absolute atomic E-state index is 0.107. The smallest absolute Gasteiger partial charge is 0.252 e. The Morgan fingerprint density at radius 3 is 2.83 bits per heavy atom. The molecule has 1 atom stereocenters. The zero-order valence-corrected chi connectivity index (χ0v) is 14.9. The van der Waals surface area contributed by atoms with Crippen LogP contribution in [-0.4, -0.2) is 25.1 Å². The molecule has 5 heteroatoms. The Bertz CT molecular complexity index is 938. The van der Waals surface area contributed by atoms with Gasteiger partial charge in [-0.3, -0.25) is 0 Å². The quantitative estimate of drug-likeness (QED) is 0.733. The highest BCUT2D eigenvalue weighted by Gasteiger charge is 2.30. The molecule has 1 N–H and O–H groups in total. The van der Waals surface area contributed by atoms with E-state index in [0.717, 1.165) is 17.9 Å². The largest absolute Gasteiger partial charge is 0.380 e. The second-order valence-electron chi connectivity index (χ2n) is 7.57. The number of hydrogen-bond donors (Lipinski definition) is 1. The molecule has 0 bridgehead atoms. The molecule has 124 valence electrons. The van der Waals surface area contributed by atoms with Gasteiger partial charge in [-0.25, -0.2) is 4.98 Å². The third-order valence-corrected chi connectivity index (χ3v) is 4.84. The van der Waals surface area contributed by atoms with Crippen molar-refractivity contribution in [3.63, 3.8) is 0 Å². The predicted octanol–water partition coefficient (Wildman–Crippen LogP) is 4.11. The topological polar surface area (TPSA) is 55.1 Å². The van der Waals surface area contributed by atoms with Gasteiger partial charge >= 0.3 is 0 Å². The molecule has 0 radical (unpaired) electrons. The average Bonchev–Trinajstić information content (AvgIpc) is 2.87. The lowest BCUT2D eigenvalue weighted by molar-refractivity contribution is 0.454. The number of nitrogens with one attached hydrogen (secondary N) is 1. The highest BCUT2D eigenvalue weighted by atomic mass is 15.3. The van der Waals surface area contributed by atoms with Crippen LogP contribution in [0.5, 0.6) is 0 Å². The summed E-state index contributed by atoms with van der Waals surface area (Å²) in [7, 11) is 0. The van der Waals surface area contributed by atoms with Crippen molar-refractivity contribution in [2.24, 2.45) is 0 Å². The summed E-state index contributed by atoms with van der Waals surface area (Å²) in [6.45, 7) is 10.9. The summed E-state index contributed by atoms with van der Waals surface area (Å²) in [6, 6.07) is 6.58. The molecule has 5 nitrogen and oxygen atoms in total. The molecule has 0 spiro atoms. The zero-order chi connectivity index (χ0) is 17.1. The van der Waals surface area contributed by atoms with Gasteiger partial charge in [-0.15, -0.1) is 5.10 Å². The van der Waals surface area contributed by atoms with Gasteiger partial charge in [-0.05, 0) is 63.3 Å². The third-order valence-electron chi connectivity index (χ3n) is 4.84. The fourth-order valence-corrected chi connectivity index (χ4v) is 3.91. The molecule has 3 aromatic rings. The van der Waals surface area contributed by atoms with E-state index in [1.165, 1.54) is 22.4 Å². The maximum atomic E-state index is 4.51. The van der Waals surface area contributed by atoms with Crippen LogP contribution < -0.4 is 5.32 Å². The van der Waals surface area contributed by atoms with E-state index < -0.39 is 0 Å². The van der Waals surface area contributed by atoms with Crippen molar-refractivity contribution in [2.75, 3.05) is 5.32 Å². The van der Waals surface area contributed by atoms with Gasteiger partial charge in [0.25, 0.3) is 5.78 Å². The Balaban J connectivity index is 1.93. The van der Waals surface area contributed by atoms with Gasteiger partial charge in [0.15, 0.2) is 0 Å². The maximum Gasteiger partial charge on any atom is 0.252 e. The number of aryl methyl sites for hydroxylation is 2. The van der Waals surface area contributed by atoms with Crippen LogP contribution in [0.25, 0.3) is 17.0 Å². The van der Waals surface area contributed by atoms with E-state index in [1.807, 2.05) is 17.5 Å². The van der Waals surface area contributed by atoms with Crippen molar-refractivity contribution >= 4 is 11.5 Å². The summed E-state index contributed by atoms with van der Waals surface area (Å²) < 4.78 is 1.83. The summed E-state index contributed by atoms with van der Waals surface area (Å²) in [5.41, 5.74) is 6.18. The number of fused-ring (bicyclic) bond motifs is 2. The molecule has 1 aliphatic heterocycles. The average molecular weight is 321 g/mol. The first-order chi connectivity index (χ1) is 11.3. The van der Waals surface area contributed by atoms with E-state index in [2.05, 4.69) is 60.2 Å². The molecule has 0 unspecified atom stereocenters. The van der Waals surface area contributed by atoms with Crippen LogP contribution >= 0.6 is 0 Å². The molecule has 3 heterocycles. The normalized spacial score (nSPS) is 19.1. The molecular weight excluding hydrogens is 298 g/mol. The molecular formula is C19H23N5. The first-order valence-electron chi connectivity index (χ1n) is 8.45. The highest BCUT2D eigenvalue weighted by Crippen LogP contribution is 2.41. The molecule has 0 saturated carbocycles. The number of anilines is 1. The van der Waals surface area contributed by atoms with E-state index in [1.54, 1.807) is 6.20 Å². The maximum absolute atomic E-state index is 4.51. The van der Waals surface area contributed by atoms with Crippen LogP contribution in [0.4, 0.5) is 5.69 Å². The summed E-state index contributed by atoms with van der Waals surface area (Å²) in [5, 5.41) is 8.21. The lowest BCUT2D eigenvalue weighted by Gasteiger charge is -2.38. The Hall–Kier alpha value is -2.43. The minimum atomic E-state index is 0.107. The number of aromatic nitrogens is 4. The van der Waals surface area contributed by atoms with Crippen LogP contribution in [-0.2, 0) is 0 Å². The van der Waals surface area contributed by atoms with Gasteiger partial charge in [0.2, 0.25) is 0 Å². The summed E-state index contributed by atoms with van der Waals surface area (Å²) in [5.74, 6) is 1.93. The Morgan fingerprint density at radius 2 is 2.04 bits per heavy atom. The number of hydrogen-bond acceptors (Lipinski definition) is 4. The summed E-state index contributed by atoms with van der Waals surface area (Å²) in [6.07, 6.45) is 2.94. The van der Waals surface area contributed by atoms with E-state index in [-0.39, 0.29) is 5.54 Å². The first kappa shape index (κ1) is 15.1. The third kappa shape index (κ3) is 2.35. The van der Waals surface area contributed by atoms with Gasteiger partial charge in [0, 0.05) is 23.0 Å². The molecule has 0 saturated heterocycles. The number of benzene rings is 1. The van der Waals surface area contributed by atoms with Gasteiger partial charge in [0.05, 0.1) is 5.69 Å². The fourth-order valence-electron chi connectivity index (χ4n) is 3.91. The lowest BCUT2D eigenvalue weighted by atomic mass is 9.80. The highest BCUT2D eigenvalue weighted by molar-refractivity contribution is 5.73. The summed E-state index contributed by atoms with van der Waals surface area (Å²) >= 11 is 0. The second kappa shape index (κ2) is 5.03. The molecule has 2 aromatic heterocycles. The minimum Gasteiger partial charge on any atom is -0.380 e. The van der Waals surface area contributed by atoms with Gasteiger partial charge in [-0.2, -0.15) is 9.50 Å². The SMILES string of the molecule is Cc1nc2nccc(-c3cc4c(cc3C)[C@H](C)CC(C)(C)N4)n2n1. The number of rotatable bonds is 1. The van der Waals surface area contributed by atoms with Crippen molar-refractivity contribution in [1.29, 1.82) is 0 Å². The van der Waals surface area contributed by atoms with Crippen LogP contribution in [0, 0.1) is 13.8 Å². The van der Waals surface area contributed by atoms with Crippen molar-refractivity contribution in [3.8, 4) is 11.3 Å². The van der Waals surface area contributed by atoms with Gasteiger partial charge < -0.3 is 5.32 Å². The van der Waals surface area contributed by atoms with Crippen molar-refractivity contribution in [1.82, 2.24) is 19.6 Å². The van der Waals surface area contributed by atoms with Gasteiger partial charge in [-0.1, -0.05) is 13.0 Å². The van der Waals surface area contributed by atoms with Gasteiger partial charge in [0.1, 0.15) is 5.82 Å². The molecule has 0 amide bonds. The van der Waals surface area contributed by atoms with Crippen LogP contribution in [0.15, 0.2) is 24.4 Å². The summed E-state index contributed by atoms with van der Waals surface area (Å²) in [4.78, 5) is 8.69. The number of nitrogens with zero attached hydrogens (tertiary/aromatic N) is 4. The Morgan fingerprint density at radius 1 is 1.25 bits per heavy atom. The molecule has 0 aliphatic carbocycles. The van der Waals surface area contributed by atoms with E-state index in [4.69, 9.17) is 0 Å². The van der Waals surface area contributed by atoms with E-state index in [9.17, 15) is 0 Å². The lowest BCUT2D eigenvalue weighted by Crippen LogP contribution is -2.36. The molecule has 4 rings (SSSR count).